The van der Waals surface area contributed by atoms with E-state index in [0.717, 1.165) is 37.3 Å². The number of hydrogen-bond donors (Lipinski definition) is 1. The van der Waals surface area contributed by atoms with Crippen LogP contribution >= 0.6 is 0 Å². The Labute approximate surface area is 159 Å². The number of nitrogens with two attached hydrogens (primary N) is 1. The molecule has 3 rings (SSSR count). The van der Waals surface area contributed by atoms with Crippen molar-refractivity contribution in [1.29, 1.82) is 0 Å². The Balaban J connectivity index is 1.57. The predicted molar refractivity (Wildman–Crippen MR) is 103 cm³/mol. The summed E-state index contributed by atoms with van der Waals surface area (Å²) in [6, 6.07) is 5.61. The lowest BCUT2D eigenvalue weighted by molar-refractivity contribution is -0.136. The van der Waals surface area contributed by atoms with Crippen molar-refractivity contribution < 1.29 is 9.63 Å². The van der Waals surface area contributed by atoms with E-state index in [9.17, 15) is 4.79 Å². The van der Waals surface area contributed by atoms with Crippen molar-refractivity contribution in [3.05, 3.63) is 41.3 Å². The van der Waals surface area contributed by atoms with Gasteiger partial charge in [-0.3, -0.25) is 4.79 Å². The maximum Gasteiger partial charge on any atom is 0.263 e. The van der Waals surface area contributed by atoms with E-state index in [0.29, 0.717) is 11.4 Å². The standard InChI is InChI=1S/C19H26N6O2/c1-14-11-15(2)25(22-14)17-8-7-16(12-21-17)19(20)23-27-13-18(26)24-9-5-3-4-6-10-24/h7-8,11-12H,3-6,9-10,13H2,1-2H3,(H2,20,23). The summed E-state index contributed by atoms with van der Waals surface area (Å²) in [4.78, 5) is 23.6. The fourth-order valence-electron chi connectivity index (χ4n) is 3.14. The molecule has 0 aliphatic carbocycles. The van der Waals surface area contributed by atoms with E-state index in [1.807, 2.05) is 30.9 Å². The Morgan fingerprint density at radius 2 is 1.96 bits per heavy atom. The second-order valence-electron chi connectivity index (χ2n) is 6.79. The first kappa shape index (κ1) is 18.9. The molecule has 1 aliphatic heterocycles. The molecule has 1 aliphatic rings. The molecule has 0 saturated carbocycles. The molecule has 2 N–H and O–H groups in total. The van der Waals surface area contributed by atoms with Crippen LogP contribution in [0.2, 0.25) is 0 Å². The second kappa shape index (κ2) is 8.66. The largest absolute Gasteiger partial charge is 0.384 e. The van der Waals surface area contributed by atoms with Gasteiger partial charge in [-0.05, 0) is 44.9 Å². The van der Waals surface area contributed by atoms with Gasteiger partial charge in [-0.25, -0.2) is 9.67 Å². The van der Waals surface area contributed by atoms with E-state index < -0.39 is 0 Å². The molecule has 2 aromatic heterocycles. The number of rotatable bonds is 5. The van der Waals surface area contributed by atoms with Crippen LogP contribution in [-0.4, -0.2) is 51.1 Å². The minimum absolute atomic E-state index is 0.0496. The zero-order chi connectivity index (χ0) is 19.2. The number of carbonyl (C=O) groups is 1. The first-order valence-electron chi connectivity index (χ1n) is 9.28. The Bertz CT molecular complexity index is 804. The van der Waals surface area contributed by atoms with E-state index in [1.165, 1.54) is 12.8 Å². The molecule has 0 bridgehead atoms. The summed E-state index contributed by atoms with van der Waals surface area (Å²) in [5.41, 5.74) is 8.51. The molecule has 1 amide bonds. The number of amidine groups is 1. The van der Waals surface area contributed by atoms with Gasteiger partial charge in [-0.15, -0.1) is 0 Å². The van der Waals surface area contributed by atoms with Gasteiger partial charge >= 0.3 is 0 Å². The topological polar surface area (TPSA) is 98.6 Å². The molecule has 0 radical (unpaired) electrons. The number of hydrogen-bond acceptors (Lipinski definition) is 5. The Kier molecular flexibility index (Phi) is 6.05. The molecule has 1 fully saturated rings. The molecule has 8 heteroatoms. The average molecular weight is 370 g/mol. The lowest BCUT2D eigenvalue weighted by atomic mass is 10.2. The van der Waals surface area contributed by atoms with Crippen LogP contribution in [0.25, 0.3) is 5.82 Å². The number of aryl methyl sites for hydroxylation is 2. The molecule has 0 spiro atoms. The van der Waals surface area contributed by atoms with E-state index >= 15 is 0 Å². The lowest BCUT2D eigenvalue weighted by Gasteiger charge is -2.19. The first-order valence-corrected chi connectivity index (χ1v) is 9.28. The number of aromatic nitrogens is 3. The Morgan fingerprint density at radius 1 is 1.22 bits per heavy atom. The molecule has 27 heavy (non-hydrogen) atoms. The van der Waals surface area contributed by atoms with Crippen molar-refractivity contribution in [2.45, 2.75) is 39.5 Å². The summed E-state index contributed by atoms with van der Waals surface area (Å²) in [7, 11) is 0. The summed E-state index contributed by atoms with van der Waals surface area (Å²) in [5.74, 6) is 0.840. The van der Waals surface area contributed by atoms with Gasteiger partial charge in [0.25, 0.3) is 5.91 Å². The highest BCUT2D eigenvalue weighted by molar-refractivity contribution is 5.96. The van der Waals surface area contributed by atoms with Crippen LogP contribution in [-0.2, 0) is 9.63 Å². The number of oxime groups is 1. The van der Waals surface area contributed by atoms with E-state index in [4.69, 9.17) is 10.6 Å². The maximum absolute atomic E-state index is 12.2. The van der Waals surface area contributed by atoms with Crippen molar-refractivity contribution in [2.24, 2.45) is 10.9 Å². The van der Waals surface area contributed by atoms with E-state index in [1.54, 1.807) is 16.9 Å². The van der Waals surface area contributed by atoms with Gasteiger partial charge in [0, 0.05) is 30.5 Å². The molecule has 0 aromatic carbocycles. The normalized spacial score (nSPS) is 15.5. The highest BCUT2D eigenvalue weighted by Gasteiger charge is 2.16. The molecule has 0 unspecified atom stereocenters. The van der Waals surface area contributed by atoms with E-state index in [2.05, 4.69) is 15.2 Å². The third-order valence-electron chi connectivity index (χ3n) is 4.58. The van der Waals surface area contributed by atoms with Crippen LogP contribution in [0.4, 0.5) is 0 Å². The van der Waals surface area contributed by atoms with Gasteiger partial charge in [-0.2, -0.15) is 5.10 Å². The molecular formula is C19H26N6O2. The van der Waals surface area contributed by atoms with Gasteiger partial charge < -0.3 is 15.5 Å². The first-order chi connectivity index (χ1) is 13.0. The highest BCUT2D eigenvalue weighted by atomic mass is 16.6. The lowest BCUT2D eigenvalue weighted by Crippen LogP contribution is -2.34. The minimum Gasteiger partial charge on any atom is -0.384 e. The van der Waals surface area contributed by atoms with Crippen LogP contribution in [0.15, 0.2) is 29.6 Å². The molecule has 1 saturated heterocycles. The monoisotopic (exact) mass is 370 g/mol. The average Bonchev–Trinajstić information content (AvgIpc) is 2.86. The van der Waals surface area contributed by atoms with Gasteiger partial charge in [0.15, 0.2) is 18.3 Å². The van der Waals surface area contributed by atoms with Crippen molar-refractivity contribution >= 4 is 11.7 Å². The summed E-state index contributed by atoms with van der Waals surface area (Å²) < 4.78 is 1.77. The molecule has 8 nitrogen and oxygen atoms in total. The fourth-order valence-corrected chi connectivity index (χ4v) is 3.14. The Morgan fingerprint density at radius 3 is 2.56 bits per heavy atom. The van der Waals surface area contributed by atoms with Crippen LogP contribution in [0.5, 0.6) is 0 Å². The number of likely N-dealkylation sites (tertiary alicyclic amines) is 1. The predicted octanol–water partition coefficient (Wildman–Crippen LogP) is 1.92. The van der Waals surface area contributed by atoms with Crippen LogP contribution < -0.4 is 5.73 Å². The quantitative estimate of drug-likeness (QED) is 0.492. The van der Waals surface area contributed by atoms with Gasteiger partial charge in [0.1, 0.15) is 0 Å². The third-order valence-corrected chi connectivity index (χ3v) is 4.58. The van der Waals surface area contributed by atoms with Gasteiger partial charge in [0.2, 0.25) is 0 Å². The van der Waals surface area contributed by atoms with E-state index in [-0.39, 0.29) is 18.3 Å². The summed E-state index contributed by atoms with van der Waals surface area (Å²) in [5, 5.41) is 8.26. The summed E-state index contributed by atoms with van der Waals surface area (Å²) in [6.07, 6.45) is 6.06. The highest BCUT2D eigenvalue weighted by Crippen LogP contribution is 2.11. The Hall–Kier alpha value is -2.90. The van der Waals surface area contributed by atoms with Crippen LogP contribution in [0, 0.1) is 13.8 Å². The molecule has 3 heterocycles. The smallest absolute Gasteiger partial charge is 0.263 e. The van der Waals surface area contributed by atoms with Crippen LogP contribution in [0.1, 0.15) is 42.6 Å². The van der Waals surface area contributed by atoms with Crippen LogP contribution in [0.3, 0.4) is 0 Å². The molecular weight excluding hydrogens is 344 g/mol. The zero-order valence-electron chi connectivity index (χ0n) is 15.9. The number of nitrogens with zero attached hydrogens (tertiary/aromatic N) is 5. The van der Waals surface area contributed by atoms with Crippen molar-refractivity contribution in [1.82, 2.24) is 19.7 Å². The van der Waals surface area contributed by atoms with Crippen molar-refractivity contribution in [3.8, 4) is 5.82 Å². The summed E-state index contributed by atoms with van der Waals surface area (Å²) in [6.45, 7) is 5.39. The zero-order valence-corrected chi connectivity index (χ0v) is 15.9. The van der Waals surface area contributed by atoms with Crippen molar-refractivity contribution in [3.63, 3.8) is 0 Å². The van der Waals surface area contributed by atoms with Crippen molar-refractivity contribution in [2.75, 3.05) is 19.7 Å². The molecule has 0 atom stereocenters. The fraction of sp³-hybridized carbons (Fsp3) is 0.474. The third kappa shape index (κ3) is 4.84. The second-order valence-corrected chi connectivity index (χ2v) is 6.79. The molecule has 144 valence electrons. The number of amides is 1. The van der Waals surface area contributed by atoms with Gasteiger partial charge in [0.05, 0.1) is 5.69 Å². The minimum atomic E-state index is -0.0992. The van der Waals surface area contributed by atoms with Gasteiger partial charge in [-0.1, -0.05) is 18.0 Å². The number of pyridine rings is 1. The number of carbonyl (C=O) groups excluding carboxylic acids is 1. The summed E-state index contributed by atoms with van der Waals surface area (Å²) >= 11 is 0. The molecule has 2 aromatic rings. The maximum atomic E-state index is 12.2. The SMILES string of the molecule is Cc1cc(C)n(-c2ccc(C(N)=NOCC(=O)N3CCCCCC3)cn2)n1.